The molecule has 11 heavy (non-hydrogen) atoms. The van der Waals surface area contributed by atoms with Crippen molar-refractivity contribution in [1.82, 2.24) is 0 Å². The van der Waals surface area contributed by atoms with Crippen LogP contribution in [0.4, 0.5) is 13.2 Å². The molecule has 0 amide bonds. The molecule has 0 N–H and O–H groups in total. The topological polar surface area (TPSA) is 34.1 Å². The summed E-state index contributed by atoms with van der Waals surface area (Å²) >= 11 is 0. The first-order chi connectivity index (χ1) is 4.93. The lowest BCUT2D eigenvalue weighted by atomic mass is 10.1. The van der Waals surface area contributed by atoms with Gasteiger partial charge in [0.1, 0.15) is 0 Å². The standard InChI is InChI=1S/C5H7F3O2S/c6-4-1-3(5(7)8)2-11(4,9)10/h3-5H,1-2H2. The van der Waals surface area contributed by atoms with E-state index in [1.165, 1.54) is 0 Å². The van der Waals surface area contributed by atoms with Crippen LogP contribution in [0.15, 0.2) is 0 Å². The molecule has 6 heteroatoms. The third-order valence-corrected chi connectivity index (χ3v) is 3.55. The molecule has 0 aromatic carbocycles. The monoisotopic (exact) mass is 188 g/mol. The van der Waals surface area contributed by atoms with Crippen LogP contribution in [-0.4, -0.2) is 26.1 Å². The van der Waals surface area contributed by atoms with Gasteiger partial charge in [-0.2, -0.15) is 0 Å². The molecule has 2 atom stereocenters. The van der Waals surface area contributed by atoms with Crippen LogP contribution in [0.3, 0.4) is 0 Å². The molecule has 2 nitrogen and oxygen atoms in total. The summed E-state index contributed by atoms with van der Waals surface area (Å²) in [5.41, 5.74) is -2.08. The molecule has 0 radical (unpaired) electrons. The maximum atomic E-state index is 12.4. The molecule has 0 aliphatic carbocycles. The van der Waals surface area contributed by atoms with Gasteiger partial charge in [-0.15, -0.1) is 0 Å². The number of sulfone groups is 1. The zero-order valence-electron chi connectivity index (χ0n) is 5.50. The predicted octanol–water partition coefficient (Wildman–Crippen LogP) is 0.982. The second-order valence-electron chi connectivity index (χ2n) is 2.57. The maximum Gasteiger partial charge on any atom is 0.242 e. The molecule has 1 fully saturated rings. The first kappa shape index (κ1) is 8.83. The van der Waals surface area contributed by atoms with Crippen molar-refractivity contribution in [2.75, 3.05) is 5.75 Å². The number of rotatable bonds is 1. The number of hydrogen-bond donors (Lipinski definition) is 0. The Hall–Kier alpha value is -0.260. The lowest BCUT2D eigenvalue weighted by Gasteiger charge is -2.02. The summed E-state index contributed by atoms with van der Waals surface area (Å²) in [7, 11) is -3.87. The predicted molar refractivity (Wildman–Crippen MR) is 32.8 cm³/mol. The SMILES string of the molecule is O=S1(=O)CC(C(F)F)CC1F. The van der Waals surface area contributed by atoms with Gasteiger partial charge in [-0.1, -0.05) is 0 Å². The highest BCUT2D eigenvalue weighted by Gasteiger charge is 2.42. The highest BCUT2D eigenvalue weighted by Crippen LogP contribution is 2.30. The summed E-state index contributed by atoms with van der Waals surface area (Å²) in [5.74, 6) is -2.03. The Labute approximate surface area is 62.3 Å². The molecule has 1 heterocycles. The smallest absolute Gasteiger partial charge is 0.230 e. The van der Waals surface area contributed by atoms with E-state index in [-0.39, 0.29) is 0 Å². The first-order valence-electron chi connectivity index (χ1n) is 3.07. The summed E-state index contributed by atoms with van der Waals surface area (Å²) in [5, 5.41) is 0. The van der Waals surface area contributed by atoms with E-state index in [4.69, 9.17) is 0 Å². The van der Waals surface area contributed by atoms with Gasteiger partial charge in [-0.25, -0.2) is 21.6 Å². The lowest BCUT2D eigenvalue weighted by Crippen LogP contribution is -2.12. The average Bonchev–Trinajstić information content (AvgIpc) is 2.08. The van der Waals surface area contributed by atoms with E-state index >= 15 is 0 Å². The number of alkyl halides is 3. The summed E-state index contributed by atoms with van der Waals surface area (Å²) in [6, 6.07) is 0. The van der Waals surface area contributed by atoms with Gasteiger partial charge in [0.05, 0.1) is 5.75 Å². The minimum Gasteiger partial charge on any atom is -0.230 e. The van der Waals surface area contributed by atoms with E-state index in [9.17, 15) is 21.6 Å². The fraction of sp³-hybridized carbons (Fsp3) is 1.00. The van der Waals surface area contributed by atoms with Crippen molar-refractivity contribution in [1.29, 1.82) is 0 Å². The van der Waals surface area contributed by atoms with Gasteiger partial charge >= 0.3 is 0 Å². The quantitative estimate of drug-likeness (QED) is 0.614. The summed E-state index contributed by atoms with van der Waals surface area (Å²) in [6.07, 6.45) is -3.29. The van der Waals surface area contributed by atoms with Crippen LogP contribution in [-0.2, 0) is 9.84 Å². The Bertz CT molecular complexity index is 236. The third kappa shape index (κ3) is 1.66. The van der Waals surface area contributed by atoms with Crippen molar-refractivity contribution < 1.29 is 21.6 Å². The molecule has 1 rings (SSSR count). The Balaban J connectivity index is 2.73. The van der Waals surface area contributed by atoms with E-state index in [0.717, 1.165) is 0 Å². The number of halogens is 3. The third-order valence-electron chi connectivity index (χ3n) is 1.68. The number of hydrogen-bond acceptors (Lipinski definition) is 2. The summed E-state index contributed by atoms with van der Waals surface area (Å²) in [6.45, 7) is 0. The fourth-order valence-corrected chi connectivity index (χ4v) is 2.66. The van der Waals surface area contributed by atoms with Crippen LogP contribution in [0.25, 0.3) is 0 Å². The molecule has 1 saturated heterocycles. The molecule has 0 aromatic heterocycles. The van der Waals surface area contributed by atoms with Gasteiger partial charge in [0, 0.05) is 12.3 Å². The molecular weight excluding hydrogens is 181 g/mol. The Morgan fingerprint density at radius 3 is 2.09 bits per heavy atom. The molecule has 66 valence electrons. The fourth-order valence-electron chi connectivity index (χ4n) is 1.03. The van der Waals surface area contributed by atoms with Crippen LogP contribution in [0.5, 0.6) is 0 Å². The molecule has 1 aliphatic heterocycles. The van der Waals surface area contributed by atoms with Crippen molar-refractivity contribution >= 4 is 9.84 Å². The zero-order chi connectivity index (χ0) is 8.65. The molecule has 0 spiro atoms. The van der Waals surface area contributed by atoms with Gasteiger partial charge < -0.3 is 0 Å². The summed E-state index contributed by atoms with van der Waals surface area (Å²) < 4.78 is 57.2. The van der Waals surface area contributed by atoms with E-state index in [0.29, 0.717) is 0 Å². The minimum atomic E-state index is -3.87. The Morgan fingerprint density at radius 1 is 1.36 bits per heavy atom. The van der Waals surface area contributed by atoms with Gasteiger partial charge in [0.15, 0.2) is 9.84 Å². The first-order valence-corrected chi connectivity index (χ1v) is 4.79. The van der Waals surface area contributed by atoms with Gasteiger partial charge in [-0.3, -0.25) is 0 Å². The van der Waals surface area contributed by atoms with Crippen molar-refractivity contribution in [3.8, 4) is 0 Å². The second-order valence-corrected chi connectivity index (χ2v) is 4.74. The van der Waals surface area contributed by atoms with Crippen LogP contribution in [0.1, 0.15) is 6.42 Å². The van der Waals surface area contributed by atoms with Gasteiger partial charge in [0.25, 0.3) is 0 Å². The molecule has 0 aromatic rings. The second kappa shape index (κ2) is 2.66. The van der Waals surface area contributed by atoms with Crippen LogP contribution < -0.4 is 0 Å². The van der Waals surface area contributed by atoms with Gasteiger partial charge in [0.2, 0.25) is 11.9 Å². The normalized spacial score (nSPS) is 36.4. The van der Waals surface area contributed by atoms with Crippen LogP contribution in [0, 0.1) is 5.92 Å². The van der Waals surface area contributed by atoms with Crippen molar-refractivity contribution in [3.63, 3.8) is 0 Å². The maximum absolute atomic E-state index is 12.4. The molecule has 0 saturated carbocycles. The summed E-state index contributed by atoms with van der Waals surface area (Å²) in [4.78, 5) is 0. The minimum absolute atomic E-state index is 0.556. The highest BCUT2D eigenvalue weighted by molar-refractivity contribution is 7.92. The molecule has 2 unspecified atom stereocenters. The highest BCUT2D eigenvalue weighted by atomic mass is 32.2. The average molecular weight is 188 g/mol. The van der Waals surface area contributed by atoms with E-state index in [1.807, 2.05) is 0 Å². The molecular formula is C5H7F3O2S. The van der Waals surface area contributed by atoms with Gasteiger partial charge in [-0.05, 0) is 0 Å². The Kier molecular flexibility index (Phi) is 2.13. The largest absolute Gasteiger partial charge is 0.242 e. The Morgan fingerprint density at radius 2 is 1.91 bits per heavy atom. The van der Waals surface area contributed by atoms with Crippen molar-refractivity contribution in [2.24, 2.45) is 5.92 Å². The van der Waals surface area contributed by atoms with E-state index in [2.05, 4.69) is 0 Å². The molecule has 1 aliphatic rings. The van der Waals surface area contributed by atoms with Crippen LogP contribution >= 0.6 is 0 Å². The van der Waals surface area contributed by atoms with E-state index < -0.39 is 39.9 Å². The van der Waals surface area contributed by atoms with Crippen LogP contribution in [0.2, 0.25) is 0 Å². The molecule has 0 bridgehead atoms. The van der Waals surface area contributed by atoms with E-state index in [1.54, 1.807) is 0 Å². The zero-order valence-corrected chi connectivity index (χ0v) is 6.32. The lowest BCUT2D eigenvalue weighted by molar-refractivity contribution is 0.0828. The van der Waals surface area contributed by atoms with Crippen molar-refractivity contribution in [3.05, 3.63) is 0 Å². The van der Waals surface area contributed by atoms with Crippen molar-refractivity contribution in [2.45, 2.75) is 18.3 Å².